The molecule has 1 aromatic carbocycles. The SMILES string of the molecule is CCOc1ccc(CCC(=O)CCC(=O)OC(C)(C)C)cc1. The number of carbonyl (C=O) groups is 2. The molecule has 0 fully saturated rings. The van der Waals surface area contributed by atoms with Gasteiger partial charge in [-0.2, -0.15) is 0 Å². The van der Waals surface area contributed by atoms with Gasteiger partial charge in [0.15, 0.2) is 0 Å². The molecule has 1 rings (SSSR count). The van der Waals surface area contributed by atoms with Gasteiger partial charge in [-0.1, -0.05) is 12.1 Å². The van der Waals surface area contributed by atoms with E-state index in [9.17, 15) is 9.59 Å². The monoisotopic (exact) mass is 306 g/mol. The van der Waals surface area contributed by atoms with Crippen molar-refractivity contribution < 1.29 is 19.1 Å². The summed E-state index contributed by atoms with van der Waals surface area (Å²) in [7, 11) is 0. The summed E-state index contributed by atoms with van der Waals surface area (Å²) >= 11 is 0. The predicted octanol–water partition coefficient (Wildman–Crippen LogP) is 3.71. The fourth-order valence-electron chi connectivity index (χ4n) is 1.96. The predicted molar refractivity (Wildman–Crippen MR) is 86.0 cm³/mol. The quantitative estimate of drug-likeness (QED) is 0.687. The van der Waals surface area contributed by atoms with Crippen molar-refractivity contribution in [1.82, 2.24) is 0 Å². The molecule has 122 valence electrons. The van der Waals surface area contributed by atoms with Gasteiger partial charge in [0.2, 0.25) is 0 Å². The molecule has 0 atom stereocenters. The molecule has 0 heterocycles. The summed E-state index contributed by atoms with van der Waals surface area (Å²) in [6.45, 7) is 8.04. The number of aryl methyl sites for hydroxylation is 1. The van der Waals surface area contributed by atoms with Gasteiger partial charge in [-0.05, 0) is 51.8 Å². The largest absolute Gasteiger partial charge is 0.494 e. The number of hydrogen-bond donors (Lipinski definition) is 0. The smallest absolute Gasteiger partial charge is 0.306 e. The van der Waals surface area contributed by atoms with E-state index in [0.29, 0.717) is 19.4 Å². The third-order valence-corrected chi connectivity index (χ3v) is 2.95. The highest BCUT2D eigenvalue weighted by Crippen LogP contribution is 2.14. The molecule has 0 aliphatic carbocycles. The van der Waals surface area contributed by atoms with Crippen LogP contribution in [0.25, 0.3) is 0 Å². The Kier molecular flexibility index (Phi) is 7.09. The Morgan fingerprint density at radius 1 is 1.00 bits per heavy atom. The highest BCUT2D eigenvalue weighted by atomic mass is 16.6. The summed E-state index contributed by atoms with van der Waals surface area (Å²) in [5.74, 6) is 0.601. The molecule has 22 heavy (non-hydrogen) atoms. The van der Waals surface area contributed by atoms with Crippen LogP contribution < -0.4 is 4.74 Å². The molecule has 0 saturated heterocycles. The maximum absolute atomic E-state index is 11.8. The molecule has 4 nitrogen and oxygen atoms in total. The number of carbonyl (C=O) groups excluding carboxylic acids is 2. The lowest BCUT2D eigenvalue weighted by Gasteiger charge is -2.19. The van der Waals surface area contributed by atoms with Gasteiger partial charge in [0.05, 0.1) is 13.0 Å². The van der Waals surface area contributed by atoms with E-state index in [-0.39, 0.29) is 24.6 Å². The van der Waals surface area contributed by atoms with Crippen molar-refractivity contribution in [3.05, 3.63) is 29.8 Å². The van der Waals surface area contributed by atoms with Crippen LogP contribution in [0.5, 0.6) is 5.75 Å². The molecule has 4 heteroatoms. The van der Waals surface area contributed by atoms with Gasteiger partial charge in [0, 0.05) is 12.8 Å². The maximum atomic E-state index is 11.8. The van der Waals surface area contributed by atoms with E-state index in [4.69, 9.17) is 9.47 Å². The standard InChI is InChI=1S/C18H26O4/c1-5-21-16-11-7-14(8-12-16)6-9-15(19)10-13-17(20)22-18(2,3)4/h7-8,11-12H,5-6,9-10,13H2,1-4H3. The van der Waals surface area contributed by atoms with Crippen molar-refractivity contribution in [2.24, 2.45) is 0 Å². The van der Waals surface area contributed by atoms with E-state index >= 15 is 0 Å². The highest BCUT2D eigenvalue weighted by Gasteiger charge is 2.16. The zero-order valence-electron chi connectivity index (χ0n) is 14.0. The van der Waals surface area contributed by atoms with Crippen molar-refractivity contribution >= 4 is 11.8 Å². The number of ether oxygens (including phenoxy) is 2. The Hall–Kier alpha value is -1.84. The van der Waals surface area contributed by atoms with Crippen LogP contribution in [0, 0.1) is 0 Å². The van der Waals surface area contributed by atoms with Crippen LogP contribution in [0.15, 0.2) is 24.3 Å². The summed E-state index contributed by atoms with van der Waals surface area (Å²) in [5, 5.41) is 0. The normalized spacial score (nSPS) is 11.1. The second-order valence-corrected chi connectivity index (χ2v) is 6.20. The number of ketones is 1. The molecule has 0 aromatic heterocycles. The van der Waals surface area contributed by atoms with Crippen LogP contribution in [-0.2, 0) is 20.7 Å². The summed E-state index contributed by atoms with van der Waals surface area (Å²) in [6.07, 6.45) is 1.52. The first-order valence-electron chi connectivity index (χ1n) is 7.75. The molecular formula is C18H26O4. The Morgan fingerprint density at radius 3 is 2.18 bits per heavy atom. The van der Waals surface area contributed by atoms with Gasteiger partial charge in [0.1, 0.15) is 17.1 Å². The molecular weight excluding hydrogens is 280 g/mol. The van der Waals surface area contributed by atoms with Crippen LogP contribution in [0.1, 0.15) is 52.5 Å². The summed E-state index contributed by atoms with van der Waals surface area (Å²) in [4.78, 5) is 23.4. The van der Waals surface area contributed by atoms with Crippen molar-refractivity contribution in [3.63, 3.8) is 0 Å². The number of esters is 1. The Balaban J connectivity index is 2.29. The van der Waals surface area contributed by atoms with E-state index in [1.807, 2.05) is 52.0 Å². The Labute approximate surface area is 132 Å². The number of rotatable bonds is 8. The molecule has 0 bridgehead atoms. The molecule has 0 aliphatic heterocycles. The van der Waals surface area contributed by atoms with Crippen LogP contribution in [0.3, 0.4) is 0 Å². The summed E-state index contributed by atoms with van der Waals surface area (Å²) in [5.41, 5.74) is 0.594. The average Bonchev–Trinajstić information content (AvgIpc) is 2.43. The van der Waals surface area contributed by atoms with E-state index in [1.165, 1.54) is 0 Å². The zero-order chi connectivity index (χ0) is 16.6. The first-order chi connectivity index (χ1) is 10.3. The average molecular weight is 306 g/mol. The number of benzene rings is 1. The van der Waals surface area contributed by atoms with Gasteiger partial charge in [-0.3, -0.25) is 9.59 Å². The molecule has 0 amide bonds. The first-order valence-corrected chi connectivity index (χ1v) is 7.75. The third-order valence-electron chi connectivity index (χ3n) is 2.95. The van der Waals surface area contributed by atoms with Crippen molar-refractivity contribution in [2.45, 2.75) is 59.0 Å². The van der Waals surface area contributed by atoms with Gasteiger partial charge in [0.25, 0.3) is 0 Å². The lowest BCUT2D eigenvalue weighted by Crippen LogP contribution is -2.24. The highest BCUT2D eigenvalue weighted by molar-refractivity contribution is 5.83. The van der Waals surface area contributed by atoms with Crippen LogP contribution >= 0.6 is 0 Å². The van der Waals surface area contributed by atoms with Gasteiger partial charge in [-0.15, -0.1) is 0 Å². The topological polar surface area (TPSA) is 52.6 Å². The van der Waals surface area contributed by atoms with E-state index in [1.54, 1.807) is 0 Å². The second kappa shape index (κ2) is 8.57. The minimum atomic E-state index is -0.498. The molecule has 0 saturated carbocycles. The molecule has 0 N–H and O–H groups in total. The van der Waals surface area contributed by atoms with E-state index in [2.05, 4.69) is 0 Å². The number of hydrogen-bond acceptors (Lipinski definition) is 4. The Bertz CT molecular complexity index is 483. The van der Waals surface area contributed by atoms with Gasteiger partial charge >= 0.3 is 5.97 Å². The molecule has 0 unspecified atom stereocenters. The first kappa shape index (κ1) is 18.2. The maximum Gasteiger partial charge on any atom is 0.306 e. The number of Topliss-reactive ketones (excluding diaryl/α,β-unsaturated/α-hetero) is 1. The third kappa shape index (κ3) is 7.81. The van der Waals surface area contributed by atoms with Crippen molar-refractivity contribution in [1.29, 1.82) is 0 Å². The second-order valence-electron chi connectivity index (χ2n) is 6.20. The molecule has 0 radical (unpaired) electrons. The van der Waals surface area contributed by atoms with Gasteiger partial charge < -0.3 is 9.47 Å². The lowest BCUT2D eigenvalue weighted by molar-refractivity contribution is -0.155. The minimum Gasteiger partial charge on any atom is -0.494 e. The van der Waals surface area contributed by atoms with Crippen LogP contribution in [-0.4, -0.2) is 24.0 Å². The molecule has 0 spiro atoms. The van der Waals surface area contributed by atoms with Crippen LogP contribution in [0.4, 0.5) is 0 Å². The minimum absolute atomic E-state index is 0.0831. The van der Waals surface area contributed by atoms with Gasteiger partial charge in [-0.25, -0.2) is 0 Å². The van der Waals surface area contributed by atoms with Crippen molar-refractivity contribution in [2.75, 3.05) is 6.61 Å². The van der Waals surface area contributed by atoms with E-state index in [0.717, 1.165) is 11.3 Å². The summed E-state index contributed by atoms with van der Waals surface area (Å²) in [6, 6.07) is 7.74. The Morgan fingerprint density at radius 2 is 1.64 bits per heavy atom. The zero-order valence-corrected chi connectivity index (χ0v) is 14.0. The molecule has 0 aliphatic rings. The van der Waals surface area contributed by atoms with Crippen LogP contribution in [0.2, 0.25) is 0 Å². The fourth-order valence-corrected chi connectivity index (χ4v) is 1.96. The summed E-state index contributed by atoms with van der Waals surface area (Å²) < 4.78 is 10.6. The fraction of sp³-hybridized carbons (Fsp3) is 0.556. The lowest BCUT2D eigenvalue weighted by atomic mass is 10.0. The molecule has 1 aromatic rings. The van der Waals surface area contributed by atoms with Crippen molar-refractivity contribution in [3.8, 4) is 5.75 Å². The van der Waals surface area contributed by atoms with E-state index < -0.39 is 5.60 Å².